The fraction of sp³-hybridized carbons (Fsp3) is 0.350. The summed E-state index contributed by atoms with van der Waals surface area (Å²) in [5.41, 5.74) is 0.587. The van der Waals surface area contributed by atoms with Crippen LogP contribution in [0.4, 0.5) is 0 Å². The molecule has 2 aromatic rings. The normalized spacial score (nSPS) is 14.3. The molecule has 1 saturated carbocycles. The molecule has 1 N–H and O–H groups in total. The first-order valence-electron chi connectivity index (χ1n) is 8.53. The maximum Gasteiger partial charge on any atom is 0.255 e. The predicted molar refractivity (Wildman–Crippen MR) is 93.6 cm³/mol. The minimum Gasteiger partial charge on any atom is -0.490 e. The van der Waals surface area contributed by atoms with Gasteiger partial charge in [-0.1, -0.05) is 43.2 Å². The van der Waals surface area contributed by atoms with Gasteiger partial charge in [0.05, 0.1) is 5.56 Å². The van der Waals surface area contributed by atoms with Crippen molar-refractivity contribution in [3.63, 3.8) is 0 Å². The smallest absolute Gasteiger partial charge is 0.255 e. The topological polar surface area (TPSA) is 47.6 Å². The van der Waals surface area contributed by atoms with Gasteiger partial charge in [-0.25, -0.2) is 0 Å². The fourth-order valence-corrected chi connectivity index (χ4v) is 2.94. The molecular formula is C20H23NO3. The molecule has 1 fully saturated rings. The molecule has 4 nitrogen and oxygen atoms in total. The van der Waals surface area contributed by atoms with Crippen molar-refractivity contribution >= 4 is 5.91 Å². The van der Waals surface area contributed by atoms with E-state index in [9.17, 15) is 4.79 Å². The number of hydrogen-bond donors (Lipinski definition) is 1. The average Bonchev–Trinajstić information content (AvgIpc) is 3.13. The second-order valence-corrected chi connectivity index (χ2v) is 5.96. The third-order valence-electron chi connectivity index (χ3n) is 4.17. The number of carbonyl (C=O) groups excluding carboxylic acids is 1. The zero-order valence-electron chi connectivity index (χ0n) is 13.7. The van der Waals surface area contributed by atoms with Crippen LogP contribution in [0.15, 0.2) is 54.6 Å². The molecule has 0 heterocycles. The monoisotopic (exact) mass is 325 g/mol. The van der Waals surface area contributed by atoms with Gasteiger partial charge >= 0.3 is 0 Å². The molecule has 126 valence electrons. The molecule has 4 heteroatoms. The number of para-hydroxylation sites is 2. The lowest BCUT2D eigenvalue weighted by Gasteiger charge is -2.15. The summed E-state index contributed by atoms with van der Waals surface area (Å²) in [4.78, 5) is 12.5. The SMILES string of the molecule is O=C(NC1CCCC1)c1ccccc1OCCOc1ccccc1. The molecule has 0 bridgehead atoms. The van der Waals surface area contributed by atoms with Gasteiger partial charge in [-0.15, -0.1) is 0 Å². The minimum atomic E-state index is -0.0542. The summed E-state index contributed by atoms with van der Waals surface area (Å²) in [6.45, 7) is 0.825. The standard InChI is InChI=1S/C20H23NO3/c22-20(21-16-8-4-5-9-16)18-12-6-7-13-19(18)24-15-14-23-17-10-2-1-3-11-17/h1-3,6-7,10-13,16H,4-5,8-9,14-15H2,(H,21,22). The predicted octanol–water partition coefficient (Wildman–Crippen LogP) is 3.82. The Labute approximate surface area is 142 Å². The van der Waals surface area contributed by atoms with Crippen molar-refractivity contribution in [3.05, 3.63) is 60.2 Å². The molecule has 0 saturated heterocycles. The Morgan fingerprint density at radius 2 is 1.58 bits per heavy atom. The molecule has 0 atom stereocenters. The second-order valence-electron chi connectivity index (χ2n) is 5.96. The lowest BCUT2D eigenvalue weighted by Crippen LogP contribution is -2.32. The van der Waals surface area contributed by atoms with E-state index in [-0.39, 0.29) is 5.91 Å². The van der Waals surface area contributed by atoms with E-state index >= 15 is 0 Å². The van der Waals surface area contributed by atoms with E-state index in [4.69, 9.17) is 9.47 Å². The third-order valence-corrected chi connectivity index (χ3v) is 4.17. The van der Waals surface area contributed by atoms with Gasteiger partial charge in [-0.05, 0) is 37.1 Å². The molecule has 0 aliphatic heterocycles. The summed E-state index contributed by atoms with van der Waals surface area (Å²) >= 11 is 0. The molecule has 0 aromatic heterocycles. The van der Waals surface area contributed by atoms with Crippen molar-refractivity contribution < 1.29 is 14.3 Å². The number of nitrogens with one attached hydrogen (secondary N) is 1. The minimum absolute atomic E-state index is 0.0542. The van der Waals surface area contributed by atoms with E-state index in [2.05, 4.69) is 5.32 Å². The van der Waals surface area contributed by atoms with Crippen LogP contribution in [0.1, 0.15) is 36.0 Å². The molecule has 3 rings (SSSR count). The van der Waals surface area contributed by atoms with Gasteiger partial charge < -0.3 is 14.8 Å². The maximum atomic E-state index is 12.5. The molecule has 0 radical (unpaired) electrons. The highest BCUT2D eigenvalue weighted by Crippen LogP contribution is 2.21. The van der Waals surface area contributed by atoms with Gasteiger partial charge in [-0.2, -0.15) is 0 Å². The molecule has 1 aliphatic rings. The van der Waals surface area contributed by atoms with Crippen LogP contribution in [0, 0.1) is 0 Å². The van der Waals surface area contributed by atoms with Crippen molar-refractivity contribution in [1.82, 2.24) is 5.32 Å². The summed E-state index contributed by atoms with van der Waals surface area (Å²) in [7, 11) is 0. The molecule has 0 unspecified atom stereocenters. The van der Waals surface area contributed by atoms with Crippen molar-refractivity contribution in [3.8, 4) is 11.5 Å². The first-order valence-corrected chi connectivity index (χ1v) is 8.53. The van der Waals surface area contributed by atoms with E-state index in [0.717, 1.165) is 18.6 Å². The van der Waals surface area contributed by atoms with Gasteiger partial charge in [0, 0.05) is 6.04 Å². The summed E-state index contributed by atoms with van der Waals surface area (Å²) < 4.78 is 11.4. The Hall–Kier alpha value is -2.49. The van der Waals surface area contributed by atoms with Crippen molar-refractivity contribution in [2.75, 3.05) is 13.2 Å². The number of amides is 1. The molecule has 1 amide bonds. The third kappa shape index (κ3) is 4.51. The largest absolute Gasteiger partial charge is 0.490 e. The van der Waals surface area contributed by atoms with Crippen molar-refractivity contribution in [1.29, 1.82) is 0 Å². The van der Waals surface area contributed by atoms with Crippen LogP contribution in [-0.2, 0) is 0 Å². The van der Waals surface area contributed by atoms with Crippen LogP contribution in [0.5, 0.6) is 11.5 Å². The Morgan fingerprint density at radius 3 is 2.38 bits per heavy atom. The van der Waals surface area contributed by atoms with E-state index in [0.29, 0.717) is 30.6 Å². The van der Waals surface area contributed by atoms with E-state index in [1.165, 1.54) is 12.8 Å². The van der Waals surface area contributed by atoms with Crippen molar-refractivity contribution in [2.45, 2.75) is 31.7 Å². The van der Waals surface area contributed by atoms with Crippen LogP contribution < -0.4 is 14.8 Å². The fourth-order valence-electron chi connectivity index (χ4n) is 2.94. The first-order chi connectivity index (χ1) is 11.8. The molecule has 0 spiro atoms. The van der Waals surface area contributed by atoms with Crippen LogP contribution in [0.25, 0.3) is 0 Å². The quantitative estimate of drug-likeness (QED) is 0.787. The summed E-state index contributed by atoms with van der Waals surface area (Å²) in [6, 6.07) is 17.3. The number of carbonyl (C=O) groups is 1. The van der Waals surface area contributed by atoms with Crippen LogP contribution in [0.2, 0.25) is 0 Å². The molecule has 24 heavy (non-hydrogen) atoms. The molecule has 2 aromatic carbocycles. The lowest BCUT2D eigenvalue weighted by atomic mass is 10.1. The molecular weight excluding hydrogens is 302 g/mol. The molecule has 1 aliphatic carbocycles. The van der Waals surface area contributed by atoms with Gasteiger partial charge in [0.2, 0.25) is 0 Å². The van der Waals surface area contributed by atoms with Crippen LogP contribution in [0.3, 0.4) is 0 Å². The number of benzene rings is 2. The highest BCUT2D eigenvalue weighted by molar-refractivity contribution is 5.97. The number of rotatable bonds is 7. The maximum absolute atomic E-state index is 12.5. The average molecular weight is 325 g/mol. The summed E-state index contributed by atoms with van der Waals surface area (Å²) in [5.74, 6) is 1.36. The zero-order valence-corrected chi connectivity index (χ0v) is 13.7. The number of hydrogen-bond acceptors (Lipinski definition) is 3. The van der Waals surface area contributed by atoms with Gasteiger partial charge in [0.15, 0.2) is 0 Å². The summed E-state index contributed by atoms with van der Waals surface area (Å²) in [5, 5.41) is 3.10. The second kappa shape index (κ2) is 8.39. The summed E-state index contributed by atoms with van der Waals surface area (Å²) in [6.07, 6.45) is 4.53. The Kier molecular flexibility index (Phi) is 5.72. The highest BCUT2D eigenvalue weighted by Gasteiger charge is 2.19. The Morgan fingerprint density at radius 1 is 0.917 bits per heavy atom. The van der Waals surface area contributed by atoms with E-state index in [1.54, 1.807) is 6.07 Å². The lowest BCUT2D eigenvalue weighted by molar-refractivity contribution is 0.0932. The van der Waals surface area contributed by atoms with Crippen LogP contribution in [-0.4, -0.2) is 25.2 Å². The van der Waals surface area contributed by atoms with Crippen LogP contribution >= 0.6 is 0 Å². The highest BCUT2D eigenvalue weighted by atomic mass is 16.5. The van der Waals surface area contributed by atoms with Gasteiger partial charge in [0.1, 0.15) is 24.7 Å². The van der Waals surface area contributed by atoms with E-state index < -0.39 is 0 Å². The van der Waals surface area contributed by atoms with Gasteiger partial charge in [0.25, 0.3) is 5.91 Å². The number of ether oxygens (including phenoxy) is 2. The first kappa shape index (κ1) is 16.4. The zero-order chi connectivity index (χ0) is 16.6. The van der Waals surface area contributed by atoms with E-state index in [1.807, 2.05) is 48.5 Å². The van der Waals surface area contributed by atoms with Gasteiger partial charge in [-0.3, -0.25) is 4.79 Å². The van der Waals surface area contributed by atoms with Crippen molar-refractivity contribution in [2.24, 2.45) is 0 Å². The Balaban J connectivity index is 1.52. The Bertz CT molecular complexity index is 651.